The Hall–Kier alpha value is -0.580. The molecule has 0 aliphatic heterocycles. The van der Waals surface area contributed by atoms with Gasteiger partial charge in [0.2, 0.25) is 0 Å². The predicted octanol–water partition coefficient (Wildman–Crippen LogP) is 2.12. The summed E-state index contributed by atoms with van der Waals surface area (Å²) in [6, 6.07) is 0.245. The first-order valence-corrected chi connectivity index (χ1v) is 6.94. The average molecular weight is 272 g/mol. The van der Waals surface area contributed by atoms with Gasteiger partial charge in [-0.3, -0.25) is 9.58 Å². The second-order valence-corrected chi connectivity index (χ2v) is 5.67. The number of hydrogen-bond donors (Lipinski definition) is 1. The van der Waals surface area contributed by atoms with Crippen LogP contribution >= 0.6 is 11.6 Å². The van der Waals surface area contributed by atoms with Crippen LogP contribution in [0.4, 0.5) is 0 Å². The summed E-state index contributed by atoms with van der Waals surface area (Å²) in [5.41, 5.74) is 2.04. The molecule has 1 aliphatic rings. The molecule has 0 saturated heterocycles. The predicted molar refractivity (Wildman–Crippen MR) is 72.7 cm³/mol. The van der Waals surface area contributed by atoms with Crippen molar-refractivity contribution in [3.63, 3.8) is 0 Å². The Morgan fingerprint density at radius 3 is 2.67 bits per heavy atom. The fourth-order valence-electron chi connectivity index (χ4n) is 2.83. The highest BCUT2D eigenvalue weighted by atomic mass is 35.5. The number of rotatable bonds is 3. The molecule has 0 aromatic carbocycles. The van der Waals surface area contributed by atoms with E-state index in [9.17, 15) is 5.11 Å². The molecule has 4 nitrogen and oxygen atoms in total. The Morgan fingerprint density at radius 1 is 1.44 bits per heavy atom. The first-order chi connectivity index (χ1) is 8.50. The summed E-state index contributed by atoms with van der Waals surface area (Å²) in [6.07, 6.45) is 4.10. The van der Waals surface area contributed by atoms with Crippen LogP contribution in [0.3, 0.4) is 0 Å². The van der Waals surface area contributed by atoms with Crippen molar-refractivity contribution in [3.8, 4) is 0 Å². The minimum absolute atomic E-state index is 0.209. The SMILES string of the molecule is Cc1nn(C)c(Cl)c1CN(C)C1CCCCC1O. The standard InChI is InChI=1S/C13H22ClN3O/c1-9-10(13(14)17(3)15-9)8-16(2)11-6-4-5-7-12(11)18/h11-12,18H,4-8H2,1-3H3. The summed E-state index contributed by atoms with van der Waals surface area (Å²) in [6.45, 7) is 2.73. The van der Waals surface area contributed by atoms with Crippen LogP contribution in [0.1, 0.15) is 36.9 Å². The van der Waals surface area contributed by atoms with E-state index < -0.39 is 0 Å². The summed E-state index contributed by atoms with van der Waals surface area (Å²) in [4.78, 5) is 2.21. The van der Waals surface area contributed by atoms with Crippen molar-refractivity contribution >= 4 is 11.6 Å². The molecule has 102 valence electrons. The van der Waals surface area contributed by atoms with Crippen LogP contribution in [0.2, 0.25) is 5.15 Å². The van der Waals surface area contributed by atoms with Gasteiger partial charge in [0.1, 0.15) is 5.15 Å². The summed E-state index contributed by atoms with van der Waals surface area (Å²) in [7, 11) is 3.91. The highest BCUT2D eigenvalue weighted by Crippen LogP contribution is 2.26. The lowest BCUT2D eigenvalue weighted by Crippen LogP contribution is -2.42. The Labute approximate surface area is 114 Å². The number of aryl methyl sites for hydroxylation is 2. The van der Waals surface area contributed by atoms with E-state index in [1.807, 2.05) is 14.0 Å². The zero-order valence-electron chi connectivity index (χ0n) is 11.4. The third-order valence-electron chi connectivity index (χ3n) is 3.94. The van der Waals surface area contributed by atoms with Gasteiger partial charge in [-0.05, 0) is 26.8 Å². The van der Waals surface area contributed by atoms with E-state index in [0.29, 0.717) is 5.15 Å². The second kappa shape index (κ2) is 5.59. The van der Waals surface area contributed by atoms with Crippen LogP contribution in [-0.2, 0) is 13.6 Å². The molecule has 1 fully saturated rings. The molecule has 0 amide bonds. The molecule has 1 heterocycles. The number of aliphatic hydroxyl groups is 1. The molecular weight excluding hydrogens is 250 g/mol. The summed E-state index contributed by atoms with van der Waals surface area (Å²) >= 11 is 6.24. The minimum atomic E-state index is -0.209. The molecule has 5 heteroatoms. The van der Waals surface area contributed by atoms with E-state index in [4.69, 9.17) is 11.6 Å². The van der Waals surface area contributed by atoms with E-state index in [0.717, 1.165) is 37.1 Å². The third-order valence-corrected chi connectivity index (χ3v) is 4.41. The Kier molecular flexibility index (Phi) is 4.30. The highest BCUT2D eigenvalue weighted by molar-refractivity contribution is 6.30. The van der Waals surface area contributed by atoms with Gasteiger partial charge in [-0.1, -0.05) is 24.4 Å². The Morgan fingerprint density at radius 2 is 2.11 bits per heavy atom. The van der Waals surface area contributed by atoms with E-state index in [2.05, 4.69) is 17.0 Å². The maximum absolute atomic E-state index is 10.1. The van der Waals surface area contributed by atoms with E-state index >= 15 is 0 Å². The smallest absolute Gasteiger partial charge is 0.131 e. The Balaban J connectivity index is 2.08. The van der Waals surface area contributed by atoms with Crippen LogP contribution < -0.4 is 0 Å². The van der Waals surface area contributed by atoms with E-state index in [-0.39, 0.29) is 12.1 Å². The van der Waals surface area contributed by atoms with Gasteiger partial charge in [0, 0.05) is 25.2 Å². The zero-order chi connectivity index (χ0) is 13.3. The van der Waals surface area contributed by atoms with Crippen LogP contribution in [-0.4, -0.2) is 39.0 Å². The molecule has 0 bridgehead atoms. The van der Waals surface area contributed by atoms with Crippen LogP contribution in [0.5, 0.6) is 0 Å². The number of nitrogens with zero attached hydrogens (tertiary/aromatic N) is 3. The monoisotopic (exact) mass is 271 g/mol. The van der Waals surface area contributed by atoms with Crippen LogP contribution in [0.15, 0.2) is 0 Å². The molecule has 1 saturated carbocycles. The third kappa shape index (κ3) is 2.71. The number of hydrogen-bond acceptors (Lipinski definition) is 3. The van der Waals surface area contributed by atoms with Crippen molar-refractivity contribution in [2.45, 2.75) is 51.3 Å². The van der Waals surface area contributed by atoms with Crippen LogP contribution in [0, 0.1) is 6.92 Å². The topological polar surface area (TPSA) is 41.3 Å². The normalized spacial score (nSPS) is 24.8. The molecule has 2 rings (SSSR count). The molecule has 2 atom stereocenters. The molecule has 1 aliphatic carbocycles. The second-order valence-electron chi connectivity index (χ2n) is 5.31. The van der Waals surface area contributed by atoms with Gasteiger partial charge in [0.25, 0.3) is 0 Å². The first kappa shape index (κ1) is 13.8. The van der Waals surface area contributed by atoms with Crippen LogP contribution in [0.25, 0.3) is 0 Å². The zero-order valence-corrected chi connectivity index (χ0v) is 12.1. The van der Waals surface area contributed by atoms with Gasteiger partial charge in [-0.15, -0.1) is 0 Å². The molecule has 1 aromatic rings. The van der Waals surface area contributed by atoms with Gasteiger partial charge in [0.05, 0.1) is 11.8 Å². The Bertz CT molecular complexity index is 419. The number of likely N-dealkylation sites (N-methyl/N-ethyl adjacent to an activating group) is 1. The number of aromatic nitrogens is 2. The van der Waals surface area contributed by atoms with Gasteiger partial charge in [-0.2, -0.15) is 5.10 Å². The lowest BCUT2D eigenvalue weighted by Gasteiger charge is -2.35. The van der Waals surface area contributed by atoms with Crippen molar-refractivity contribution in [2.24, 2.45) is 7.05 Å². The van der Waals surface area contributed by atoms with E-state index in [1.54, 1.807) is 4.68 Å². The minimum Gasteiger partial charge on any atom is -0.391 e. The van der Waals surface area contributed by atoms with Crippen molar-refractivity contribution in [1.29, 1.82) is 0 Å². The summed E-state index contributed by atoms with van der Waals surface area (Å²) in [5.74, 6) is 0. The van der Waals surface area contributed by atoms with Crippen molar-refractivity contribution < 1.29 is 5.11 Å². The number of aliphatic hydroxyl groups excluding tert-OH is 1. The maximum atomic E-state index is 10.1. The van der Waals surface area contributed by atoms with Gasteiger partial charge in [-0.25, -0.2) is 0 Å². The van der Waals surface area contributed by atoms with Gasteiger partial charge < -0.3 is 5.11 Å². The number of halogens is 1. The molecule has 1 N–H and O–H groups in total. The molecule has 2 unspecified atom stereocenters. The quantitative estimate of drug-likeness (QED) is 0.916. The summed E-state index contributed by atoms with van der Waals surface area (Å²) in [5, 5.41) is 15.1. The van der Waals surface area contributed by atoms with Crippen molar-refractivity contribution in [2.75, 3.05) is 7.05 Å². The fraction of sp³-hybridized carbons (Fsp3) is 0.769. The highest BCUT2D eigenvalue weighted by Gasteiger charge is 2.27. The van der Waals surface area contributed by atoms with Crippen molar-refractivity contribution in [3.05, 3.63) is 16.4 Å². The molecule has 0 radical (unpaired) electrons. The van der Waals surface area contributed by atoms with E-state index in [1.165, 1.54) is 6.42 Å². The van der Waals surface area contributed by atoms with Crippen molar-refractivity contribution in [1.82, 2.24) is 14.7 Å². The fourth-order valence-corrected chi connectivity index (χ4v) is 3.06. The molecule has 0 spiro atoms. The largest absolute Gasteiger partial charge is 0.391 e. The maximum Gasteiger partial charge on any atom is 0.131 e. The van der Waals surface area contributed by atoms with Gasteiger partial charge >= 0.3 is 0 Å². The first-order valence-electron chi connectivity index (χ1n) is 6.57. The molecule has 1 aromatic heterocycles. The lowest BCUT2D eigenvalue weighted by molar-refractivity contribution is 0.0287. The summed E-state index contributed by atoms with van der Waals surface area (Å²) < 4.78 is 1.71. The van der Waals surface area contributed by atoms with Gasteiger partial charge in [0.15, 0.2) is 0 Å². The molecular formula is C13H22ClN3O. The molecule has 18 heavy (non-hydrogen) atoms. The average Bonchev–Trinajstić information content (AvgIpc) is 2.56. The lowest BCUT2D eigenvalue weighted by atomic mass is 9.91.